The van der Waals surface area contributed by atoms with Crippen LogP contribution in [0, 0.1) is 5.92 Å². The maximum atomic E-state index is 8.95. The Hall–Kier alpha value is -0.860. The third-order valence-corrected chi connectivity index (χ3v) is 3.23. The van der Waals surface area contributed by atoms with Gasteiger partial charge in [0.05, 0.1) is 0 Å². The molecule has 18 heavy (non-hydrogen) atoms. The number of aliphatic hydroxyl groups excluding tert-OH is 1. The minimum atomic E-state index is 0.263. The van der Waals surface area contributed by atoms with E-state index < -0.39 is 0 Å². The number of nitrogens with one attached hydrogen (secondary N) is 1. The summed E-state index contributed by atoms with van der Waals surface area (Å²) in [5, 5.41) is 12.4. The second-order valence-electron chi connectivity index (χ2n) is 5.41. The van der Waals surface area contributed by atoms with Gasteiger partial charge in [0.25, 0.3) is 0 Å². The van der Waals surface area contributed by atoms with Crippen molar-refractivity contribution in [2.24, 2.45) is 5.92 Å². The van der Waals surface area contributed by atoms with Gasteiger partial charge in [0, 0.05) is 19.2 Å². The van der Waals surface area contributed by atoms with Crippen molar-refractivity contribution < 1.29 is 5.11 Å². The third-order valence-electron chi connectivity index (χ3n) is 3.23. The minimum absolute atomic E-state index is 0.263. The summed E-state index contributed by atoms with van der Waals surface area (Å²) < 4.78 is 0. The van der Waals surface area contributed by atoms with E-state index in [2.05, 4.69) is 50.4 Å². The molecule has 1 atom stereocenters. The molecule has 0 heterocycles. The Balaban J connectivity index is 2.43. The van der Waals surface area contributed by atoms with Gasteiger partial charge < -0.3 is 10.4 Å². The molecule has 2 heteroatoms. The SMILES string of the molecule is CCC(CCO)NCc1ccc(CC(C)C)cc1. The van der Waals surface area contributed by atoms with Crippen molar-refractivity contribution in [3.63, 3.8) is 0 Å². The van der Waals surface area contributed by atoms with Crippen molar-refractivity contribution in [3.8, 4) is 0 Å². The lowest BCUT2D eigenvalue weighted by molar-refractivity contribution is 0.262. The standard InChI is InChI=1S/C16H27NO/c1-4-16(9-10-18)17-12-15-7-5-14(6-8-15)11-13(2)3/h5-8,13,16-18H,4,9-12H2,1-3H3. The zero-order chi connectivity index (χ0) is 13.4. The molecule has 1 unspecified atom stereocenters. The lowest BCUT2D eigenvalue weighted by Gasteiger charge is -2.15. The van der Waals surface area contributed by atoms with Gasteiger partial charge in [0.15, 0.2) is 0 Å². The molecule has 0 aliphatic carbocycles. The molecule has 1 aromatic rings. The maximum Gasteiger partial charge on any atom is 0.0445 e. The lowest BCUT2D eigenvalue weighted by atomic mass is 10.0. The van der Waals surface area contributed by atoms with Crippen LogP contribution >= 0.6 is 0 Å². The Morgan fingerprint density at radius 3 is 2.22 bits per heavy atom. The van der Waals surface area contributed by atoms with E-state index in [1.807, 2.05) is 0 Å². The summed E-state index contributed by atoms with van der Waals surface area (Å²) in [5.74, 6) is 0.711. The fourth-order valence-corrected chi connectivity index (χ4v) is 2.13. The Morgan fingerprint density at radius 1 is 1.11 bits per heavy atom. The summed E-state index contributed by atoms with van der Waals surface area (Å²) in [5.41, 5.74) is 2.73. The topological polar surface area (TPSA) is 32.3 Å². The summed E-state index contributed by atoms with van der Waals surface area (Å²) in [6.45, 7) is 7.80. The summed E-state index contributed by atoms with van der Waals surface area (Å²) in [4.78, 5) is 0. The van der Waals surface area contributed by atoms with Crippen LogP contribution in [0.3, 0.4) is 0 Å². The Labute approximate surface area is 111 Å². The fourth-order valence-electron chi connectivity index (χ4n) is 2.13. The van der Waals surface area contributed by atoms with Gasteiger partial charge in [-0.25, -0.2) is 0 Å². The van der Waals surface area contributed by atoms with Gasteiger partial charge in [0.2, 0.25) is 0 Å². The van der Waals surface area contributed by atoms with Crippen molar-refractivity contribution >= 4 is 0 Å². The molecule has 102 valence electrons. The van der Waals surface area contributed by atoms with Crippen LogP contribution in [0.15, 0.2) is 24.3 Å². The van der Waals surface area contributed by atoms with E-state index in [-0.39, 0.29) is 6.61 Å². The molecule has 0 spiro atoms. The quantitative estimate of drug-likeness (QED) is 0.742. The summed E-state index contributed by atoms with van der Waals surface area (Å²) in [7, 11) is 0. The molecular formula is C16H27NO. The van der Waals surface area contributed by atoms with Crippen LogP contribution in [0.25, 0.3) is 0 Å². The smallest absolute Gasteiger partial charge is 0.0445 e. The number of hydrogen-bond donors (Lipinski definition) is 2. The van der Waals surface area contributed by atoms with E-state index in [4.69, 9.17) is 5.11 Å². The molecule has 1 rings (SSSR count). The van der Waals surface area contributed by atoms with Crippen LogP contribution in [0.5, 0.6) is 0 Å². The van der Waals surface area contributed by atoms with E-state index in [1.54, 1.807) is 0 Å². The average molecular weight is 249 g/mol. The van der Waals surface area contributed by atoms with E-state index in [0.29, 0.717) is 12.0 Å². The molecule has 0 saturated carbocycles. The van der Waals surface area contributed by atoms with Crippen LogP contribution < -0.4 is 5.32 Å². The van der Waals surface area contributed by atoms with Crippen LogP contribution in [0.2, 0.25) is 0 Å². The molecule has 0 radical (unpaired) electrons. The summed E-state index contributed by atoms with van der Waals surface area (Å²) >= 11 is 0. The highest BCUT2D eigenvalue weighted by molar-refractivity contribution is 5.22. The van der Waals surface area contributed by atoms with Gasteiger partial charge in [-0.3, -0.25) is 0 Å². The first-order chi connectivity index (χ1) is 8.65. The van der Waals surface area contributed by atoms with Crippen molar-refractivity contribution in [1.82, 2.24) is 5.32 Å². The van der Waals surface area contributed by atoms with Crippen LogP contribution in [-0.4, -0.2) is 17.8 Å². The van der Waals surface area contributed by atoms with Gasteiger partial charge in [0.1, 0.15) is 0 Å². The first-order valence-electron chi connectivity index (χ1n) is 7.07. The first kappa shape index (κ1) is 15.2. The van der Waals surface area contributed by atoms with Crippen LogP contribution in [0.4, 0.5) is 0 Å². The zero-order valence-corrected chi connectivity index (χ0v) is 11.9. The lowest BCUT2D eigenvalue weighted by Crippen LogP contribution is -2.28. The molecule has 2 N–H and O–H groups in total. The van der Waals surface area contributed by atoms with Crippen LogP contribution in [0.1, 0.15) is 44.7 Å². The Morgan fingerprint density at radius 2 is 1.72 bits per heavy atom. The van der Waals surface area contributed by atoms with Crippen molar-refractivity contribution in [3.05, 3.63) is 35.4 Å². The highest BCUT2D eigenvalue weighted by Gasteiger charge is 2.04. The molecule has 0 aromatic heterocycles. The molecule has 1 aromatic carbocycles. The minimum Gasteiger partial charge on any atom is -0.396 e. The van der Waals surface area contributed by atoms with Crippen molar-refractivity contribution in [2.75, 3.05) is 6.61 Å². The van der Waals surface area contributed by atoms with Crippen LogP contribution in [-0.2, 0) is 13.0 Å². The van der Waals surface area contributed by atoms with Crippen molar-refractivity contribution in [2.45, 2.75) is 52.6 Å². The Kier molecular flexibility index (Phi) is 6.99. The second-order valence-corrected chi connectivity index (χ2v) is 5.41. The molecule has 2 nitrogen and oxygen atoms in total. The van der Waals surface area contributed by atoms with E-state index in [1.165, 1.54) is 11.1 Å². The average Bonchev–Trinajstić information content (AvgIpc) is 2.35. The highest BCUT2D eigenvalue weighted by Crippen LogP contribution is 2.10. The summed E-state index contributed by atoms with van der Waals surface area (Å²) in [6.07, 6.45) is 3.05. The summed E-state index contributed by atoms with van der Waals surface area (Å²) in [6, 6.07) is 9.28. The number of hydrogen-bond acceptors (Lipinski definition) is 2. The first-order valence-corrected chi connectivity index (χ1v) is 7.07. The number of benzene rings is 1. The van der Waals surface area contributed by atoms with E-state index >= 15 is 0 Å². The molecular weight excluding hydrogens is 222 g/mol. The van der Waals surface area contributed by atoms with E-state index in [9.17, 15) is 0 Å². The maximum absolute atomic E-state index is 8.95. The predicted molar refractivity (Wildman–Crippen MR) is 77.6 cm³/mol. The molecule has 0 saturated heterocycles. The van der Waals surface area contributed by atoms with Gasteiger partial charge in [-0.2, -0.15) is 0 Å². The fraction of sp³-hybridized carbons (Fsp3) is 0.625. The van der Waals surface area contributed by atoms with Gasteiger partial charge in [-0.1, -0.05) is 45.0 Å². The highest BCUT2D eigenvalue weighted by atomic mass is 16.3. The van der Waals surface area contributed by atoms with E-state index in [0.717, 1.165) is 25.8 Å². The predicted octanol–water partition coefficient (Wildman–Crippen LogP) is 3.14. The van der Waals surface area contributed by atoms with Crippen molar-refractivity contribution in [1.29, 1.82) is 0 Å². The zero-order valence-electron chi connectivity index (χ0n) is 11.9. The molecule has 0 fully saturated rings. The molecule has 0 bridgehead atoms. The number of aliphatic hydroxyl groups is 1. The normalized spacial score (nSPS) is 12.9. The monoisotopic (exact) mass is 249 g/mol. The van der Waals surface area contributed by atoms with Gasteiger partial charge in [-0.05, 0) is 36.3 Å². The number of rotatable bonds is 8. The third kappa shape index (κ3) is 5.65. The van der Waals surface area contributed by atoms with Gasteiger partial charge >= 0.3 is 0 Å². The molecule has 0 aliphatic heterocycles. The molecule has 0 aliphatic rings. The molecule has 0 amide bonds. The van der Waals surface area contributed by atoms with Gasteiger partial charge in [-0.15, -0.1) is 0 Å². The largest absolute Gasteiger partial charge is 0.396 e. The Bertz CT molecular complexity index is 318. The second kappa shape index (κ2) is 8.28.